The number of pyridine rings is 1. The zero-order chi connectivity index (χ0) is 18.1. The lowest BCUT2D eigenvalue weighted by Crippen LogP contribution is -2.48. The standard InChI is InChI=1S/C18H26N2O5/c1-14(16-7-9-19-10-8-16)20-25-11-5-4-6-15-12-23-18(2,24-13-15)17(21)22-3/h7-10,15,20H,1,4-6,11-13H2,2-3H3. The number of carbonyl (C=O) groups is 1. The number of unbranched alkanes of at least 4 members (excludes halogenated alkanes) is 1. The van der Waals surface area contributed by atoms with Crippen LogP contribution in [0.25, 0.3) is 5.70 Å². The summed E-state index contributed by atoms with van der Waals surface area (Å²) in [5, 5.41) is 0. The Morgan fingerprint density at radius 2 is 2.04 bits per heavy atom. The Morgan fingerprint density at radius 3 is 2.68 bits per heavy atom. The van der Waals surface area contributed by atoms with Crippen molar-refractivity contribution in [3.63, 3.8) is 0 Å². The van der Waals surface area contributed by atoms with E-state index in [-0.39, 0.29) is 5.92 Å². The van der Waals surface area contributed by atoms with Gasteiger partial charge in [-0.15, -0.1) is 0 Å². The first-order valence-corrected chi connectivity index (χ1v) is 8.38. The lowest BCUT2D eigenvalue weighted by Gasteiger charge is -2.35. The molecule has 1 aliphatic heterocycles. The van der Waals surface area contributed by atoms with E-state index in [4.69, 9.17) is 14.3 Å². The minimum Gasteiger partial charge on any atom is -0.465 e. The Hall–Kier alpha value is -1.96. The van der Waals surface area contributed by atoms with Crippen molar-refractivity contribution < 1.29 is 23.8 Å². The Labute approximate surface area is 148 Å². The van der Waals surface area contributed by atoms with Crippen LogP contribution >= 0.6 is 0 Å². The van der Waals surface area contributed by atoms with E-state index in [1.807, 2.05) is 12.1 Å². The Balaban J connectivity index is 1.54. The number of nitrogens with one attached hydrogen (secondary N) is 1. The molecule has 7 nitrogen and oxygen atoms in total. The monoisotopic (exact) mass is 350 g/mol. The second-order valence-electron chi connectivity index (χ2n) is 6.09. The number of hydrogen-bond donors (Lipinski definition) is 1. The third-order valence-corrected chi connectivity index (χ3v) is 4.08. The number of esters is 1. The van der Waals surface area contributed by atoms with Crippen LogP contribution in [0.2, 0.25) is 0 Å². The van der Waals surface area contributed by atoms with E-state index in [2.05, 4.69) is 21.8 Å². The molecular formula is C18H26N2O5. The molecule has 0 aromatic carbocycles. The van der Waals surface area contributed by atoms with Crippen molar-refractivity contribution in [3.8, 4) is 0 Å². The van der Waals surface area contributed by atoms with Crippen LogP contribution in [0.15, 0.2) is 31.1 Å². The molecule has 1 saturated heterocycles. The van der Waals surface area contributed by atoms with Crippen molar-refractivity contribution >= 4 is 11.7 Å². The van der Waals surface area contributed by atoms with Gasteiger partial charge in [0.25, 0.3) is 5.79 Å². The van der Waals surface area contributed by atoms with Gasteiger partial charge in [0.1, 0.15) is 0 Å². The molecule has 138 valence electrons. The number of carbonyl (C=O) groups excluding carboxylic acids is 1. The van der Waals surface area contributed by atoms with Gasteiger partial charge in [-0.25, -0.2) is 4.79 Å². The van der Waals surface area contributed by atoms with Crippen LogP contribution in [-0.2, 0) is 23.8 Å². The number of hydrogen-bond acceptors (Lipinski definition) is 7. The van der Waals surface area contributed by atoms with Crippen molar-refractivity contribution in [2.24, 2.45) is 5.92 Å². The van der Waals surface area contributed by atoms with Gasteiger partial charge in [0.05, 0.1) is 32.6 Å². The molecule has 0 amide bonds. The molecule has 0 aliphatic carbocycles. The van der Waals surface area contributed by atoms with Crippen molar-refractivity contribution in [1.82, 2.24) is 10.5 Å². The van der Waals surface area contributed by atoms with Gasteiger partial charge in [-0.05, 0) is 25.0 Å². The maximum Gasteiger partial charge on any atom is 0.366 e. The number of aromatic nitrogens is 1. The van der Waals surface area contributed by atoms with Crippen molar-refractivity contribution in [2.75, 3.05) is 26.9 Å². The minimum absolute atomic E-state index is 0.275. The summed E-state index contributed by atoms with van der Waals surface area (Å²) >= 11 is 0. The molecule has 1 fully saturated rings. The van der Waals surface area contributed by atoms with Crippen molar-refractivity contribution in [3.05, 3.63) is 36.7 Å². The second-order valence-corrected chi connectivity index (χ2v) is 6.09. The fourth-order valence-electron chi connectivity index (χ4n) is 2.47. The van der Waals surface area contributed by atoms with E-state index >= 15 is 0 Å². The summed E-state index contributed by atoms with van der Waals surface area (Å²) in [6.07, 6.45) is 6.26. The smallest absolute Gasteiger partial charge is 0.366 e. The van der Waals surface area contributed by atoms with Gasteiger partial charge in [0.2, 0.25) is 0 Å². The second kappa shape index (κ2) is 9.50. The molecule has 0 spiro atoms. The minimum atomic E-state index is -1.27. The van der Waals surface area contributed by atoms with Gasteiger partial charge in [-0.3, -0.25) is 15.3 Å². The molecule has 2 heterocycles. The fourth-order valence-corrected chi connectivity index (χ4v) is 2.47. The summed E-state index contributed by atoms with van der Waals surface area (Å²) < 4.78 is 15.7. The van der Waals surface area contributed by atoms with E-state index in [1.165, 1.54) is 7.11 Å². The zero-order valence-electron chi connectivity index (χ0n) is 14.8. The van der Waals surface area contributed by atoms with Gasteiger partial charge >= 0.3 is 5.97 Å². The quantitative estimate of drug-likeness (QED) is 0.416. The molecule has 0 saturated carbocycles. The highest BCUT2D eigenvalue weighted by Crippen LogP contribution is 2.25. The van der Waals surface area contributed by atoms with Crippen LogP contribution < -0.4 is 5.48 Å². The lowest BCUT2D eigenvalue weighted by atomic mass is 10.0. The maximum absolute atomic E-state index is 11.6. The predicted molar refractivity (Wildman–Crippen MR) is 92.0 cm³/mol. The summed E-state index contributed by atoms with van der Waals surface area (Å²) in [7, 11) is 1.32. The van der Waals surface area contributed by atoms with Crippen LogP contribution in [0.3, 0.4) is 0 Å². The summed E-state index contributed by atoms with van der Waals surface area (Å²) in [6, 6.07) is 3.73. The molecule has 0 radical (unpaired) electrons. The van der Waals surface area contributed by atoms with Crippen LogP contribution in [0.5, 0.6) is 0 Å². The lowest BCUT2D eigenvalue weighted by molar-refractivity contribution is -0.272. The molecular weight excluding hydrogens is 324 g/mol. The van der Waals surface area contributed by atoms with Gasteiger partial charge in [0, 0.05) is 30.8 Å². The first-order valence-electron chi connectivity index (χ1n) is 8.38. The average molecular weight is 350 g/mol. The predicted octanol–water partition coefficient (Wildman–Crippen LogP) is 2.30. The van der Waals surface area contributed by atoms with E-state index in [0.717, 1.165) is 24.8 Å². The first kappa shape index (κ1) is 19.4. The molecule has 0 bridgehead atoms. The highest BCUT2D eigenvalue weighted by molar-refractivity contribution is 5.77. The maximum atomic E-state index is 11.6. The largest absolute Gasteiger partial charge is 0.465 e. The summed E-state index contributed by atoms with van der Waals surface area (Å²) in [6.45, 7) is 7.06. The van der Waals surface area contributed by atoms with Gasteiger partial charge in [0.15, 0.2) is 0 Å². The average Bonchev–Trinajstić information content (AvgIpc) is 2.65. The molecule has 0 unspecified atom stereocenters. The summed E-state index contributed by atoms with van der Waals surface area (Å²) in [5.74, 6) is -1.50. The van der Waals surface area contributed by atoms with Gasteiger partial charge in [-0.1, -0.05) is 13.0 Å². The highest BCUT2D eigenvalue weighted by atomic mass is 16.7. The Kier molecular flexibility index (Phi) is 7.36. The molecule has 1 aromatic heterocycles. The number of hydroxylamine groups is 1. The number of nitrogens with zero attached hydrogens (tertiary/aromatic N) is 1. The molecule has 7 heteroatoms. The molecule has 1 aromatic rings. The highest BCUT2D eigenvalue weighted by Gasteiger charge is 2.41. The first-order chi connectivity index (χ1) is 12.0. The number of rotatable bonds is 9. The van der Waals surface area contributed by atoms with Gasteiger partial charge in [-0.2, -0.15) is 0 Å². The van der Waals surface area contributed by atoms with E-state index in [9.17, 15) is 4.79 Å². The fraction of sp³-hybridized carbons (Fsp3) is 0.556. The SMILES string of the molecule is C=C(NOCCCCC1COC(C)(C(=O)OC)OC1)c1ccncc1. The van der Waals surface area contributed by atoms with Crippen LogP contribution in [0.4, 0.5) is 0 Å². The zero-order valence-corrected chi connectivity index (χ0v) is 14.8. The topological polar surface area (TPSA) is 78.9 Å². The van der Waals surface area contributed by atoms with E-state index < -0.39 is 11.8 Å². The van der Waals surface area contributed by atoms with E-state index in [1.54, 1.807) is 19.3 Å². The van der Waals surface area contributed by atoms with Crippen molar-refractivity contribution in [2.45, 2.75) is 32.0 Å². The van der Waals surface area contributed by atoms with E-state index in [0.29, 0.717) is 25.5 Å². The third-order valence-electron chi connectivity index (χ3n) is 4.08. The van der Waals surface area contributed by atoms with Crippen LogP contribution in [0.1, 0.15) is 31.7 Å². The summed E-state index contributed by atoms with van der Waals surface area (Å²) in [4.78, 5) is 21.0. The third kappa shape index (κ3) is 5.81. The van der Waals surface area contributed by atoms with Crippen molar-refractivity contribution in [1.29, 1.82) is 0 Å². The molecule has 0 atom stereocenters. The molecule has 1 aliphatic rings. The Morgan fingerprint density at radius 1 is 1.36 bits per heavy atom. The van der Waals surface area contributed by atoms with Crippen LogP contribution in [-0.4, -0.2) is 43.7 Å². The molecule has 25 heavy (non-hydrogen) atoms. The van der Waals surface area contributed by atoms with Crippen LogP contribution in [0, 0.1) is 5.92 Å². The Bertz CT molecular complexity index is 556. The molecule has 1 N–H and O–H groups in total. The number of ether oxygens (including phenoxy) is 3. The normalized spacial score (nSPS) is 23.0. The molecule has 2 rings (SSSR count). The van der Waals surface area contributed by atoms with Gasteiger partial charge < -0.3 is 14.2 Å². The number of methoxy groups -OCH3 is 1. The summed E-state index contributed by atoms with van der Waals surface area (Å²) in [5.41, 5.74) is 4.50.